The molecule has 0 aliphatic carbocycles. The monoisotopic (exact) mass is 279 g/mol. The van der Waals surface area contributed by atoms with Crippen LogP contribution in [0, 0.1) is 0 Å². The Hall–Kier alpha value is -1.26. The Kier molecular flexibility index (Phi) is 5.68. The zero-order valence-corrected chi connectivity index (χ0v) is 12.5. The SMILES string of the molecule is COc1ccc(CN2CCCCCC2CO)cc1OC. The van der Waals surface area contributed by atoms with Gasteiger partial charge >= 0.3 is 0 Å². The van der Waals surface area contributed by atoms with E-state index in [1.807, 2.05) is 12.1 Å². The van der Waals surface area contributed by atoms with Gasteiger partial charge in [0.25, 0.3) is 0 Å². The summed E-state index contributed by atoms with van der Waals surface area (Å²) in [6.45, 7) is 2.15. The second kappa shape index (κ2) is 7.50. The van der Waals surface area contributed by atoms with Crippen LogP contribution in [0.1, 0.15) is 31.2 Å². The van der Waals surface area contributed by atoms with Gasteiger partial charge in [0.2, 0.25) is 0 Å². The number of hydrogen-bond acceptors (Lipinski definition) is 4. The Morgan fingerprint density at radius 3 is 2.65 bits per heavy atom. The summed E-state index contributed by atoms with van der Waals surface area (Å²) in [5.41, 5.74) is 1.20. The van der Waals surface area contributed by atoms with Crippen LogP contribution in [0.5, 0.6) is 11.5 Å². The summed E-state index contributed by atoms with van der Waals surface area (Å²) in [5, 5.41) is 9.56. The minimum absolute atomic E-state index is 0.243. The molecule has 0 saturated carbocycles. The van der Waals surface area contributed by atoms with E-state index in [0.717, 1.165) is 31.0 Å². The van der Waals surface area contributed by atoms with E-state index in [9.17, 15) is 5.11 Å². The molecule has 112 valence electrons. The number of rotatable bonds is 5. The molecule has 1 aromatic rings. The highest BCUT2D eigenvalue weighted by Gasteiger charge is 2.20. The van der Waals surface area contributed by atoms with Crippen molar-refractivity contribution in [1.29, 1.82) is 0 Å². The molecule has 0 radical (unpaired) electrons. The van der Waals surface area contributed by atoms with Gasteiger partial charge < -0.3 is 14.6 Å². The van der Waals surface area contributed by atoms with Crippen LogP contribution in [0.15, 0.2) is 18.2 Å². The highest BCUT2D eigenvalue weighted by molar-refractivity contribution is 5.42. The number of benzene rings is 1. The Morgan fingerprint density at radius 2 is 1.95 bits per heavy atom. The van der Waals surface area contributed by atoms with Gasteiger partial charge in [-0.2, -0.15) is 0 Å². The van der Waals surface area contributed by atoms with E-state index in [2.05, 4.69) is 11.0 Å². The Labute approximate surface area is 121 Å². The Balaban J connectivity index is 2.11. The average Bonchev–Trinajstić information content (AvgIpc) is 2.72. The highest BCUT2D eigenvalue weighted by Crippen LogP contribution is 2.29. The standard InChI is InChI=1S/C16H25NO3/c1-19-15-8-7-13(10-16(15)20-2)11-17-9-5-3-4-6-14(17)12-18/h7-8,10,14,18H,3-6,9,11-12H2,1-2H3. The second-order valence-electron chi connectivity index (χ2n) is 5.35. The Morgan fingerprint density at radius 1 is 1.15 bits per heavy atom. The number of aliphatic hydroxyl groups is 1. The molecule has 1 fully saturated rings. The van der Waals surface area contributed by atoms with Crippen molar-refractivity contribution in [2.24, 2.45) is 0 Å². The molecule has 1 saturated heterocycles. The van der Waals surface area contributed by atoms with Crippen LogP contribution in [-0.2, 0) is 6.54 Å². The quantitative estimate of drug-likeness (QED) is 0.899. The van der Waals surface area contributed by atoms with Gasteiger partial charge in [0.05, 0.1) is 20.8 Å². The summed E-state index contributed by atoms with van der Waals surface area (Å²) < 4.78 is 10.6. The van der Waals surface area contributed by atoms with Gasteiger partial charge in [-0.05, 0) is 37.1 Å². The van der Waals surface area contributed by atoms with E-state index in [1.54, 1.807) is 14.2 Å². The molecule has 1 unspecified atom stereocenters. The lowest BCUT2D eigenvalue weighted by molar-refractivity contribution is 0.118. The van der Waals surface area contributed by atoms with Crippen molar-refractivity contribution in [3.05, 3.63) is 23.8 Å². The smallest absolute Gasteiger partial charge is 0.161 e. The number of hydrogen-bond donors (Lipinski definition) is 1. The maximum Gasteiger partial charge on any atom is 0.161 e. The summed E-state index contributed by atoms with van der Waals surface area (Å²) in [4.78, 5) is 2.38. The van der Waals surface area contributed by atoms with Crippen LogP contribution >= 0.6 is 0 Å². The number of likely N-dealkylation sites (tertiary alicyclic amines) is 1. The lowest BCUT2D eigenvalue weighted by Gasteiger charge is -2.28. The maximum absolute atomic E-state index is 9.56. The molecule has 1 atom stereocenters. The molecule has 0 spiro atoms. The lowest BCUT2D eigenvalue weighted by Crippen LogP contribution is -2.36. The van der Waals surface area contributed by atoms with Gasteiger partial charge in [-0.25, -0.2) is 0 Å². The predicted molar refractivity (Wildman–Crippen MR) is 79.3 cm³/mol. The largest absolute Gasteiger partial charge is 0.493 e. The molecule has 1 N–H and O–H groups in total. The molecule has 0 bridgehead atoms. The summed E-state index contributed by atoms with van der Waals surface area (Å²) in [5.74, 6) is 1.52. The number of aliphatic hydroxyl groups excluding tert-OH is 1. The first-order chi connectivity index (χ1) is 9.78. The van der Waals surface area contributed by atoms with Gasteiger partial charge in [-0.1, -0.05) is 18.9 Å². The van der Waals surface area contributed by atoms with Crippen LogP contribution < -0.4 is 9.47 Å². The van der Waals surface area contributed by atoms with Gasteiger partial charge in [-0.3, -0.25) is 4.90 Å². The molecule has 1 heterocycles. The number of ether oxygens (including phenoxy) is 2. The lowest BCUT2D eigenvalue weighted by atomic mass is 10.1. The molecule has 0 aromatic heterocycles. The molecule has 2 rings (SSSR count). The van der Waals surface area contributed by atoms with Gasteiger partial charge in [0.15, 0.2) is 11.5 Å². The van der Waals surface area contributed by atoms with E-state index in [0.29, 0.717) is 0 Å². The van der Waals surface area contributed by atoms with Crippen molar-refractivity contribution in [2.45, 2.75) is 38.3 Å². The van der Waals surface area contributed by atoms with E-state index in [-0.39, 0.29) is 12.6 Å². The third-order valence-corrected chi connectivity index (χ3v) is 4.04. The van der Waals surface area contributed by atoms with E-state index >= 15 is 0 Å². The van der Waals surface area contributed by atoms with Gasteiger partial charge in [-0.15, -0.1) is 0 Å². The van der Waals surface area contributed by atoms with Crippen molar-refractivity contribution in [3.63, 3.8) is 0 Å². The highest BCUT2D eigenvalue weighted by atomic mass is 16.5. The first kappa shape index (κ1) is 15.1. The molecule has 1 aliphatic heterocycles. The third kappa shape index (κ3) is 3.64. The minimum Gasteiger partial charge on any atom is -0.493 e. The molecule has 1 aliphatic rings. The number of nitrogens with zero attached hydrogens (tertiary/aromatic N) is 1. The van der Waals surface area contributed by atoms with Gasteiger partial charge in [0.1, 0.15) is 0 Å². The summed E-state index contributed by atoms with van der Waals surface area (Å²) >= 11 is 0. The first-order valence-electron chi connectivity index (χ1n) is 7.34. The van der Waals surface area contributed by atoms with Crippen LogP contribution in [0.2, 0.25) is 0 Å². The van der Waals surface area contributed by atoms with Crippen LogP contribution in [-0.4, -0.2) is 43.4 Å². The van der Waals surface area contributed by atoms with E-state index in [4.69, 9.17) is 9.47 Å². The maximum atomic E-state index is 9.56. The Bertz CT molecular complexity index is 422. The van der Waals surface area contributed by atoms with Crippen molar-refractivity contribution in [1.82, 2.24) is 4.90 Å². The second-order valence-corrected chi connectivity index (χ2v) is 5.35. The fraction of sp³-hybridized carbons (Fsp3) is 0.625. The molecule has 4 heteroatoms. The molecular weight excluding hydrogens is 254 g/mol. The molecule has 0 amide bonds. The molecular formula is C16H25NO3. The van der Waals surface area contributed by atoms with Crippen LogP contribution in [0.25, 0.3) is 0 Å². The molecule has 1 aromatic carbocycles. The first-order valence-corrected chi connectivity index (χ1v) is 7.34. The van der Waals surface area contributed by atoms with E-state index < -0.39 is 0 Å². The fourth-order valence-corrected chi connectivity index (χ4v) is 2.87. The summed E-state index contributed by atoms with van der Waals surface area (Å²) in [7, 11) is 3.30. The topological polar surface area (TPSA) is 41.9 Å². The summed E-state index contributed by atoms with van der Waals surface area (Å²) in [6.07, 6.45) is 4.78. The zero-order valence-electron chi connectivity index (χ0n) is 12.5. The summed E-state index contributed by atoms with van der Waals surface area (Å²) in [6, 6.07) is 6.32. The van der Waals surface area contributed by atoms with Gasteiger partial charge in [0, 0.05) is 12.6 Å². The van der Waals surface area contributed by atoms with Crippen LogP contribution in [0.4, 0.5) is 0 Å². The average molecular weight is 279 g/mol. The minimum atomic E-state index is 0.243. The van der Waals surface area contributed by atoms with Crippen molar-refractivity contribution in [2.75, 3.05) is 27.4 Å². The fourth-order valence-electron chi connectivity index (χ4n) is 2.87. The number of methoxy groups -OCH3 is 2. The molecule has 20 heavy (non-hydrogen) atoms. The normalized spacial score (nSPS) is 20.4. The van der Waals surface area contributed by atoms with Crippen molar-refractivity contribution in [3.8, 4) is 11.5 Å². The van der Waals surface area contributed by atoms with Crippen molar-refractivity contribution >= 4 is 0 Å². The van der Waals surface area contributed by atoms with E-state index in [1.165, 1.54) is 24.8 Å². The zero-order chi connectivity index (χ0) is 14.4. The molecule has 4 nitrogen and oxygen atoms in total. The third-order valence-electron chi connectivity index (χ3n) is 4.04. The van der Waals surface area contributed by atoms with Crippen LogP contribution in [0.3, 0.4) is 0 Å². The predicted octanol–water partition coefficient (Wildman–Crippen LogP) is 2.44. The van der Waals surface area contributed by atoms with Crippen molar-refractivity contribution < 1.29 is 14.6 Å².